The van der Waals surface area contributed by atoms with Gasteiger partial charge >= 0.3 is 6.03 Å². The van der Waals surface area contributed by atoms with Gasteiger partial charge in [0.15, 0.2) is 16.6 Å². The highest BCUT2D eigenvalue weighted by Gasteiger charge is 2.15. The Hall–Kier alpha value is -3.28. The molecule has 148 valence electrons. The van der Waals surface area contributed by atoms with Crippen molar-refractivity contribution in [3.8, 4) is 5.82 Å². The van der Waals surface area contributed by atoms with Crippen LogP contribution in [0.5, 0.6) is 0 Å². The van der Waals surface area contributed by atoms with Crippen LogP contribution in [0.1, 0.15) is 5.69 Å². The lowest BCUT2D eigenvalue weighted by molar-refractivity contribution is 0.180. The van der Waals surface area contributed by atoms with Gasteiger partial charge in [-0.05, 0) is 6.07 Å². The molecule has 0 fully saturated rings. The van der Waals surface area contributed by atoms with Crippen molar-refractivity contribution in [2.45, 2.75) is 6.61 Å². The van der Waals surface area contributed by atoms with Crippen LogP contribution in [0.25, 0.3) is 11.5 Å². The fourth-order valence-corrected chi connectivity index (χ4v) is 3.00. The lowest BCUT2D eigenvalue weighted by Crippen LogP contribution is -2.22. The van der Waals surface area contributed by atoms with Crippen LogP contribution in [0.3, 0.4) is 0 Å². The summed E-state index contributed by atoms with van der Waals surface area (Å²) in [4.78, 5) is 22.1. The van der Waals surface area contributed by atoms with E-state index in [-0.39, 0.29) is 16.8 Å². The summed E-state index contributed by atoms with van der Waals surface area (Å²) in [6.07, 6.45) is 5.95. The number of nitrogens with one attached hydrogen (secondary N) is 2. The number of carbonyl (C=O) groups excluding carboxylic acids is 1. The first-order valence-electron chi connectivity index (χ1n) is 8.17. The number of nitrogens with zero attached hydrogens (tertiary/aromatic N) is 7. The first-order valence-corrected chi connectivity index (χ1v) is 8.93. The van der Waals surface area contributed by atoms with Crippen LogP contribution < -0.4 is 10.6 Å². The second kappa shape index (κ2) is 7.99. The van der Waals surface area contributed by atoms with Gasteiger partial charge in [-0.15, -0.1) is 4.80 Å². The molecule has 0 aliphatic rings. The van der Waals surface area contributed by atoms with E-state index in [9.17, 15) is 4.79 Å². The largest absolute Gasteiger partial charge is 0.378 e. The number of hydrogen-bond acceptors (Lipinski definition) is 7. The lowest BCUT2D eigenvalue weighted by atomic mass is 10.3. The first kappa shape index (κ1) is 19.1. The molecule has 4 heterocycles. The van der Waals surface area contributed by atoms with Crippen LogP contribution in [0.2, 0.25) is 10.2 Å². The number of halogens is 2. The number of hydrogen-bond donors (Lipinski definition) is 2. The minimum absolute atomic E-state index is 0.186. The second-order valence-corrected chi connectivity index (χ2v) is 6.51. The summed E-state index contributed by atoms with van der Waals surface area (Å²) < 4.78 is 6.71. The molecule has 29 heavy (non-hydrogen) atoms. The molecule has 0 aromatic carbocycles. The van der Waals surface area contributed by atoms with Gasteiger partial charge < -0.3 is 15.4 Å². The zero-order valence-electron chi connectivity index (χ0n) is 14.9. The summed E-state index contributed by atoms with van der Waals surface area (Å²) in [5.74, 6) is 0.343. The Morgan fingerprint density at radius 3 is 2.66 bits per heavy atom. The number of ether oxygens (including phenoxy) is 1. The fraction of sp³-hybridized carbons (Fsp3) is 0.125. The van der Waals surface area contributed by atoms with Crippen LogP contribution in [0.4, 0.5) is 16.2 Å². The number of aromatic nitrogens is 7. The van der Waals surface area contributed by atoms with E-state index in [1.54, 1.807) is 6.07 Å². The number of carbonyl (C=O) groups is 1. The molecular weight excluding hydrogens is 421 g/mol. The van der Waals surface area contributed by atoms with E-state index in [0.717, 1.165) is 0 Å². The van der Waals surface area contributed by atoms with E-state index in [1.807, 2.05) is 0 Å². The SMILES string of the molecule is COCc1c(NC(=O)Nc2cnc(-n3nccn3)c(Cl)c2)cnc2cc(Cl)nn12. The molecule has 11 nitrogen and oxygen atoms in total. The minimum atomic E-state index is -0.524. The van der Waals surface area contributed by atoms with Gasteiger partial charge in [0, 0.05) is 13.2 Å². The number of anilines is 2. The zero-order valence-corrected chi connectivity index (χ0v) is 16.4. The van der Waals surface area contributed by atoms with Gasteiger partial charge in [0.1, 0.15) is 0 Å². The van der Waals surface area contributed by atoms with Crippen LogP contribution >= 0.6 is 23.2 Å². The van der Waals surface area contributed by atoms with E-state index < -0.39 is 6.03 Å². The number of rotatable bonds is 5. The Bertz CT molecular complexity index is 1180. The minimum Gasteiger partial charge on any atom is -0.378 e. The van der Waals surface area contributed by atoms with Gasteiger partial charge in [-0.2, -0.15) is 15.3 Å². The summed E-state index contributed by atoms with van der Waals surface area (Å²) in [6, 6.07) is 2.62. The van der Waals surface area contributed by atoms with E-state index in [2.05, 4.69) is 35.9 Å². The number of fused-ring (bicyclic) bond motifs is 1. The predicted octanol–water partition coefficient (Wildman–Crippen LogP) is 2.80. The molecule has 0 radical (unpaired) electrons. The first-order chi connectivity index (χ1) is 14.0. The van der Waals surface area contributed by atoms with Crippen LogP contribution in [-0.2, 0) is 11.3 Å². The number of pyridine rings is 1. The number of methoxy groups -OCH3 is 1. The maximum absolute atomic E-state index is 12.5. The molecule has 0 saturated carbocycles. The van der Waals surface area contributed by atoms with Crippen molar-refractivity contribution < 1.29 is 9.53 Å². The predicted molar refractivity (Wildman–Crippen MR) is 106 cm³/mol. The fourth-order valence-electron chi connectivity index (χ4n) is 2.59. The lowest BCUT2D eigenvalue weighted by Gasteiger charge is -2.13. The van der Waals surface area contributed by atoms with Crippen molar-refractivity contribution in [1.29, 1.82) is 0 Å². The molecule has 13 heteroatoms. The van der Waals surface area contributed by atoms with Gasteiger partial charge in [0.2, 0.25) is 0 Å². The summed E-state index contributed by atoms with van der Waals surface area (Å²) >= 11 is 12.2. The Balaban J connectivity index is 1.54. The highest BCUT2D eigenvalue weighted by atomic mass is 35.5. The maximum Gasteiger partial charge on any atom is 0.323 e. The average Bonchev–Trinajstić information content (AvgIpc) is 3.33. The molecule has 2 amide bonds. The maximum atomic E-state index is 12.5. The van der Waals surface area contributed by atoms with E-state index >= 15 is 0 Å². The van der Waals surface area contributed by atoms with Crippen LogP contribution in [-0.4, -0.2) is 47.7 Å². The molecule has 4 rings (SSSR count). The van der Waals surface area contributed by atoms with Crippen molar-refractivity contribution in [2.75, 3.05) is 17.7 Å². The van der Waals surface area contributed by atoms with Crippen LogP contribution in [0.15, 0.2) is 36.9 Å². The molecule has 2 N–H and O–H groups in total. The van der Waals surface area contributed by atoms with E-state index in [0.29, 0.717) is 28.5 Å². The third kappa shape index (κ3) is 3.97. The summed E-state index contributed by atoms with van der Waals surface area (Å²) in [6.45, 7) is 0.186. The van der Waals surface area contributed by atoms with Crippen molar-refractivity contribution in [1.82, 2.24) is 34.6 Å². The standard InChI is InChI=1S/C16H13Cl2N9O2/c1-29-8-12-11(7-19-14-5-13(18)25-26(12)14)24-16(28)23-9-4-10(17)15(20-6-9)27-21-2-3-22-27/h2-7H,8H2,1H3,(H2,23,24,28). The third-order valence-electron chi connectivity index (χ3n) is 3.77. The molecular formula is C16H13Cl2N9O2. The van der Waals surface area contributed by atoms with Gasteiger partial charge in [-0.1, -0.05) is 23.2 Å². The average molecular weight is 434 g/mol. The van der Waals surface area contributed by atoms with Crippen molar-refractivity contribution in [3.05, 3.63) is 52.8 Å². The van der Waals surface area contributed by atoms with Crippen molar-refractivity contribution >= 4 is 46.3 Å². The van der Waals surface area contributed by atoms with Crippen molar-refractivity contribution in [2.24, 2.45) is 0 Å². The van der Waals surface area contributed by atoms with Gasteiger partial charge in [-0.3, -0.25) is 0 Å². The number of amides is 2. The molecule has 0 saturated heterocycles. The Labute approximate surface area is 173 Å². The Kier molecular flexibility index (Phi) is 5.25. The summed E-state index contributed by atoms with van der Waals surface area (Å²) in [7, 11) is 1.53. The quantitative estimate of drug-likeness (QED) is 0.495. The summed E-state index contributed by atoms with van der Waals surface area (Å²) in [5, 5.41) is 18.0. The molecule has 0 atom stereocenters. The highest BCUT2D eigenvalue weighted by Crippen LogP contribution is 2.22. The smallest absolute Gasteiger partial charge is 0.323 e. The monoisotopic (exact) mass is 433 g/mol. The highest BCUT2D eigenvalue weighted by molar-refractivity contribution is 6.32. The van der Waals surface area contributed by atoms with E-state index in [1.165, 1.54) is 47.3 Å². The van der Waals surface area contributed by atoms with Gasteiger partial charge in [-0.25, -0.2) is 19.3 Å². The number of urea groups is 1. The molecule has 0 spiro atoms. The topological polar surface area (TPSA) is 124 Å². The molecule has 0 unspecified atom stereocenters. The molecule has 0 bridgehead atoms. The molecule has 4 aromatic rings. The van der Waals surface area contributed by atoms with Crippen molar-refractivity contribution in [3.63, 3.8) is 0 Å². The second-order valence-electron chi connectivity index (χ2n) is 5.72. The summed E-state index contributed by atoms with van der Waals surface area (Å²) in [5.41, 5.74) is 1.91. The molecule has 0 aliphatic carbocycles. The zero-order chi connectivity index (χ0) is 20.4. The Morgan fingerprint density at radius 2 is 1.93 bits per heavy atom. The van der Waals surface area contributed by atoms with Gasteiger partial charge in [0.05, 0.1) is 53.5 Å². The third-order valence-corrected chi connectivity index (χ3v) is 4.23. The molecule has 0 aliphatic heterocycles. The van der Waals surface area contributed by atoms with Crippen LogP contribution in [0, 0.1) is 0 Å². The van der Waals surface area contributed by atoms with E-state index in [4.69, 9.17) is 27.9 Å². The Morgan fingerprint density at radius 1 is 1.14 bits per heavy atom. The normalized spacial score (nSPS) is 11.0. The molecule has 4 aromatic heterocycles. The van der Waals surface area contributed by atoms with Gasteiger partial charge in [0.25, 0.3) is 0 Å².